The van der Waals surface area contributed by atoms with E-state index in [9.17, 15) is 4.79 Å². The highest BCUT2D eigenvalue weighted by Crippen LogP contribution is 2.19. The molecular formula is C14H13N5O2. The molecule has 0 saturated carbocycles. The van der Waals surface area contributed by atoms with Gasteiger partial charge in [0.25, 0.3) is 0 Å². The number of methoxy groups -OCH3 is 1. The smallest absolute Gasteiger partial charge is 0.413 e. The van der Waals surface area contributed by atoms with Gasteiger partial charge in [0, 0.05) is 18.4 Å². The highest BCUT2D eigenvalue weighted by atomic mass is 16.5. The second-order valence-corrected chi connectivity index (χ2v) is 4.10. The summed E-state index contributed by atoms with van der Waals surface area (Å²) in [6.07, 6.45) is 2.43. The number of benzene rings is 1. The van der Waals surface area contributed by atoms with E-state index in [0.717, 1.165) is 5.69 Å². The zero-order valence-corrected chi connectivity index (χ0v) is 11.6. The molecule has 0 bridgehead atoms. The van der Waals surface area contributed by atoms with E-state index in [1.54, 1.807) is 31.3 Å². The number of nitriles is 1. The summed E-state index contributed by atoms with van der Waals surface area (Å²) in [4.78, 5) is 20.8. The summed E-state index contributed by atoms with van der Waals surface area (Å²) < 4.78 is 4.64. The molecule has 0 spiro atoms. The van der Waals surface area contributed by atoms with Crippen molar-refractivity contribution in [3.05, 3.63) is 42.4 Å². The van der Waals surface area contributed by atoms with Crippen LogP contribution in [-0.2, 0) is 4.74 Å². The quantitative estimate of drug-likeness (QED) is 0.929. The van der Waals surface area contributed by atoms with Gasteiger partial charge in [0.05, 0.1) is 19.5 Å². The van der Waals surface area contributed by atoms with E-state index in [2.05, 4.69) is 20.0 Å². The molecular weight excluding hydrogens is 270 g/mol. The fourth-order valence-corrected chi connectivity index (χ4v) is 1.61. The summed E-state index contributed by atoms with van der Waals surface area (Å²) >= 11 is 0. The number of anilines is 3. The Balaban J connectivity index is 2.08. The van der Waals surface area contributed by atoms with Crippen LogP contribution in [0, 0.1) is 11.3 Å². The number of ether oxygens (including phenoxy) is 1. The van der Waals surface area contributed by atoms with Gasteiger partial charge in [-0.1, -0.05) is 0 Å². The maximum Gasteiger partial charge on any atom is 0.413 e. The first-order valence-corrected chi connectivity index (χ1v) is 6.05. The van der Waals surface area contributed by atoms with Crippen molar-refractivity contribution in [1.29, 1.82) is 5.26 Å². The van der Waals surface area contributed by atoms with Gasteiger partial charge < -0.3 is 10.1 Å². The number of nitrogens with one attached hydrogen (secondary N) is 1. The van der Waals surface area contributed by atoms with Crippen molar-refractivity contribution in [2.75, 3.05) is 24.4 Å². The van der Waals surface area contributed by atoms with Crippen molar-refractivity contribution in [2.45, 2.75) is 0 Å². The minimum absolute atomic E-state index is 0.260. The van der Waals surface area contributed by atoms with Gasteiger partial charge in [-0.05, 0) is 24.3 Å². The van der Waals surface area contributed by atoms with Gasteiger partial charge in [-0.25, -0.2) is 14.8 Å². The van der Waals surface area contributed by atoms with Crippen molar-refractivity contribution in [3.63, 3.8) is 0 Å². The molecule has 1 heterocycles. The average molecular weight is 283 g/mol. The second-order valence-electron chi connectivity index (χ2n) is 4.10. The molecule has 0 atom stereocenters. The van der Waals surface area contributed by atoms with E-state index in [-0.39, 0.29) is 5.69 Å². The summed E-state index contributed by atoms with van der Waals surface area (Å²) in [7, 11) is 2.96. The molecule has 0 aliphatic carbocycles. The van der Waals surface area contributed by atoms with Crippen LogP contribution in [0.15, 0.2) is 36.7 Å². The Labute approximate surface area is 121 Å². The number of nitrogens with zero attached hydrogens (tertiary/aromatic N) is 4. The third-order valence-electron chi connectivity index (χ3n) is 2.74. The number of carbonyl (C=O) groups is 1. The highest BCUT2D eigenvalue weighted by Gasteiger charge is 2.10. The van der Waals surface area contributed by atoms with Gasteiger partial charge in [-0.2, -0.15) is 5.26 Å². The lowest BCUT2D eigenvalue weighted by molar-refractivity contribution is 0.180. The summed E-state index contributed by atoms with van der Waals surface area (Å²) in [5.41, 5.74) is 1.75. The number of rotatable bonds is 3. The third kappa shape index (κ3) is 3.45. The molecule has 0 unspecified atom stereocenters. The Morgan fingerprint density at radius 3 is 2.52 bits per heavy atom. The number of aromatic nitrogens is 2. The molecule has 0 saturated heterocycles. The monoisotopic (exact) mass is 283 g/mol. The standard InChI is InChI=1S/C14H13N5O2/c1-19(14(20)21-2)12-5-3-10(4-6-12)18-13-9-16-11(7-15)8-17-13/h3-6,8-9H,1-2H3,(H,17,18). The van der Waals surface area contributed by atoms with Crippen molar-refractivity contribution in [1.82, 2.24) is 9.97 Å². The van der Waals surface area contributed by atoms with Gasteiger partial charge in [0.2, 0.25) is 0 Å². The largest absolute Gasteiger partial charge is 0.452 e. The number of carbonyl (C=O) groups excluding carboxylic acids is 1. The van der Waals surface area contributed by atoms with Crippen LogP contribution < -0.4 is 10.2 Å². The van der Waals surface area contributed by atoms with Crippen LogP contribution in [0.25, 0.3) is 0 Å². The molecule has 1 N–H and O–H groups in total. The first kappa shape index (κ1) is 14.3. The topological polar surface area (TPSA) is 91.1 Å². The number of hydrogen-bond donors (Lipinski definition) is 1. The van der Waals surface area contributed by atoms with Crippen molar-refractivity contribution in [3.8, 4) is 6.07 Å². The summed E-state index contributed by atoms with van der Waals surface area (Å²) in [6, 6.07) is 9.05. The molecule has 0 radical (unpaired) electrons. The molecule has 0 aliphatic heterocycles. The number of amides is 1. The van der Waals surface area contributed by atoms with Gasteiger partial charge in [-0.3, -0.25) is 4.90 Å². The fraction of sp³-hybridized carbons (Fsp3) is 0.143. The summed E-state index contributed by atoms with van der Waals surface area (Å²) in [6.45, 7) is 0. The van der Waals surface area contributed by atoms with Crippen LogP contribution in [-0.4, -0.2) is 30.2 Å². The maximum atomic E-state index is 11.4. The molecule has 2 aromatic rings. The molecule has 1 aromatic heterocycles. The predicted octanol–water partition coefficient (Wildman–Crippen LogP) is 2.29. The minimum Gasteiger partial charge on any atom is -0.452 e. The fourth-order valence-electron chi connectivity index (χ4n) is 1.61. The molecule has 0 aliphatic rings. The van der Waals surface area contributed by atoms with Crippen LogP contribution in [0.1, 0.15) is 5.69 Å². The average Bonchev–Trinajstić information content (AvgIpc) is 2.55. The Morgan fingerprint density at radius 2 is 2.00 bits per heavy atom. The first-order valence-electron chi connectivity index (χ1n) is 6.05. The van der Waals surface area contributed by atoms with Crippen molar-refractivity contribution in [2.24, 2.45) is 0 Å². The van der Waals surface area contributed by atoms with Gasteiger partial charge in [0.15, 0.2) is 5.69 Å². The molecule has 7 nitrogen and oxygen atoms in total. The lowest BCUT2D eigenvalue weighted by Gasteiger charge is -2.16. The third-order valence-corrected chi connectivity index (χ3v) is 2.74. The van der Waals surface area contributed by atoms with E-state index in [1.165, 1.54) is 24.4 Å². The zero-order valence-electron chi connectivity index (χ0n) is 11.6. The van der Waals surface area contributed by atoms with E-state index in [1.807, 2.05) is 6.07 Å². The van der Waals surface area contributed by atoms with Crippen molar-refractivity contribution >= 4 is 23.3 Å². The first-order chi connectivity index (χ1) is 10.1. The van der Waals surface area contributed by atoms with Gasteiger partial charge in [0.1, 0.15) is 11.9 Å². The lowest BCUT2D eigenvalue weighted by atomic mass is 10.2. The number of hydrogen-bond acceptors (Lipinski definition) is 6. The molecule has 1 aromatic carbocycles. The molecule has 106 valence electrons. The minimum atomic E-state index is -0.436. The Morgan fingerprint density at radius 1 is 1.29 bits per heavy atom. The van der Waals surface area contributed by atoms with Crippen molar-refractivity contribution < 1.29 is 9.53 Å². The van der Waals surface area contributed by atoms with Crippen LogP contribution in [0.2, 0.25) is 0 Å². The van der Waals surface area contributed by atoms with Gasteiger partial charge in [-0.15, -0.1) is 0 Å². The Bertz CT molecular complexity index is 661. The predicted molar refractivity (Wildman–Crippen MR) is 77.3 cm³/mol. The molecule has 1 amide bonds. The van der Waals surface area contributed by atoms with E-state index in [4.69, 9.17) is 5.26 Å². The molecule has 2 rings (SSSR count). The van der Waals surface area contributed by atoms with Gasteiger partial charge >= 0.3 is 6.09 Å². The van der Waals surface area contributed by atoms with E-state index < -0.39 is 6.09 Å². The Hall–Kier alpha value is -3.14. The van der Waals surface area contributed by atoms with Crippen LogP contribution in [0.4, 0.5) is 22.0 Å². The summed E-state index contributed by atoms with van der Waals surface area (Å²) in [5.74, 6) is 0.531. The zero-order chi connectivity index (χ0) is 15.2. The SMILES string of the molecule is COC(=O)N(C)c1ccc(Nc2cnc(C#N)cn2)cc1. The second kappa shape index (κ2) is 6.34. The van der Waals surface area contributed by atoms with Crippen LogP contribution in [0.3, 0.4) is 0 Å². The Kier molecular flexibility index (Phi) is 4.31. The maximum absolute atomic E-state index is 11.4. The molecule has 7 heteroatoms. The lowest BCUT2D eigenvalue weighted by Crippen LogP contribution is -2.25. The summed E-state index contributed by atoms with van der Waals surface area (Å²) in [5, 5.41) is 11.7. The van der Waals surface area contributed by atoms with E-state index >= 15 is 0 Å². The highest BCUT2D eigenvalue weighted by molar-refractivity contribution is 5.87. The molecule has 21 heavy (non-hydrogen) atoms. The van der Waals surface area contributed by atoms with E-state index in [0.29, 0.717) is 11.5 Å². The van der Waals surface area contributed by atoms with Crippen LogP contribution >= 0.6 is 0 Å². The molecule has 0 fully saturated rings. The van der Waals surface area contributed by atoms with Crippen LogP contribution in [0.5, 0.6) is 0 Å². The normalized spacial score (nSPS) is 9.57.